The molecule has 3 aliphatic rings. The minimum Gasteiger partial charge on any atom is -0.384 e. The standard InChI is InChI=1S/C14H21F4NO.2C2H6/c1-20-10-11(6-13(15,16)7-11)9-19-4-2-12(3-5-19)8-14(12,17)18;2*1-2/h2-10H2,1H3;2*1-2H3. The Morgan fingerprint density at radius 2 is 1.33 bits per heavy atom. The first kappa shape index (κ1) is 21.7. The molecule has 1 saturated heterocycles. The number of nitrogens with zero attached hydrogens (tertiary/aromatic N) is 1. The van der Waals surface area contributed by atoms with E-state index in [4.69, 9.17) is 4.74 Å². The van der Waals surface area contributed by atoms with E-state index in [0.29, 0.717) is 39.1 Å². The van der Waals surface area contributed by atoms with Crippen molar-refractivity contribution in [3.8, 4) is 0 Å². The number of likely N-dealkylation sites (tertiary alicyclic amines) is 1. The normalized spacial score (nSPS) is 27.9. The summed E-state index contributed by atoms with van der Waals surface area (Å²) in [5.74, 6) is -5.08. The molecule has 6 heteroatoms. The lowest BCUT2D eigenvalue weighted by atomic mass is 9.66. The zero-order valence-electron chi connectivity index (χ0n) is 15.7. The highest BCUT2D eigenvalue weighted by Crippen LogP contribution is 2.66. The third-order valence-electron chi connectivity index (χ3n) is 5.30. The molecule has 1 aliphatic heterocycles. The van der Waals surface area contributed by atoms with Gasteiger partial charge in [0.1, 0.15) is 0 Å². The average molecular weight is 355 g/mol. The summed E-state index contributed by atoms with van der Waals surface area (Å²) in [6.45, 7) is 10.0. The molecule has 0 aromatic rings. The predicted molar refractivity (Wildman–Crippen MR) is 88.9 cm³/mol. The topological polar surface area (TPSA) is 12.5 Å². The van der Waals surface area contributed by atoms with Gasteiger partial charge in [0.15, 0.2) is 0 Å². The van der Waals surface area contributed by atoms with Crippen molar-refractivity contribution < 1.29 is 22.3 Å². The van der Waals surface area contributed by atoms with Crippen molar-refractivity contribution in [3.05, 3.63) is 0 Å². The lowest BCUT2D eigenvalue weighted by molar-refractivity contribution is -0.188. The van der Waals surface area contributed by atoms with Crippen LogP contribution in [0.1, 0.15) is 59.8 Å². The van der Waals surface area contributed by atoms with Crippen molar-refractivity contribution in [2.75, 3.05) is 33.4 Å². The van der Waals surface area contributed by atoms with Crippen LogP contribution in [0.3, 0.4) is 0 Å². The molecule has 2 nitrogen and oxygen atoms in total. The van der Waals surface area contributed by atoms with Crippen molar-refractivity contribution in [2.45, 2.75) is 71.6 Å². The Hall–Kier alpha value is -0.360. The van der Waals surface area contributed by atoms with Gasteiger partial charge in [-0.25, -0.2) is 17.6 Å². The maximum atomic E-state index is 13.3. The number of hydrogen-bond donors (Lipinski definition) is 0. The summed E-state index contributed by atoms with van der Waals surface area (Å²) in [7, 11) is 1.52. The molecule has 0 unspecified atom stereocenters. The maximum Gasteiger partial charge on any atom is 0.254 e. The van der Waals surface area contributed by atoms with Crippen molar-refractivity contribution in [1.82, 2.24) is 4.90 Å². The van der Waals surface area contributed by atoms with Crippen LogP contribution in [0.15, 0.2) is 0 Å². The highest BCUT2D eigenvalue weighted by molar-refractivity contribution is 5.12. The van der Waals surface area contributed by atoms with E-state index in [9.17, 15) is 17.6 Å². The third kappa shape index (κ3) is 4.43. The molecule has 3 rings (SSSR count). The van der Waals surface area contributed by atoms with Crippen LogP contribution in [-0.2, 0) is 4.74 Å². The SMILES string of the molecule is CC.CC.COCC1(CN2CCC3(CC2)CC3(F)F)CC(F)(F)C1. The van der Waals surface area contributed by atoms with Gasteiger partial charge in [0.05, 0.1) is 6.61 Å². The number of piperidine rings is 1. The van der Waals surface area contributed by atoms with Crippen LogP contribution >= 0.6 is 0 Å². The summed E-state index contributed by atoms with van der Waals surface area (Å²) < 4.78 is 58.0. The summed E-state index contributed by atoms with van der Waals surface area (Å²) in [4.78, 5) is 2.06. The van der Waals surface area contributed by atoms with E-state index in [2.05, 4.69) is 4.90 Å². The fourth-order valence-corrected chi connectivity index (χ4v) is 4.15. The molecule has 24 heavy (non-hydrogen) atoms. The molecular weight excluding hydrogens is 322 g/mol. The zero-order valence-corrected chi connectivity index (χ0v) is 15.7. The van der Waals surface area contributed by atoms with Crippen molar-refractivity contribution in [2.24, 2.45) is 10.8 Å². The van der Waals surface area contributed by atoms with Gasteiger partial charge in [-0.1, -0.05) is 27.7 Å². The van der Waals surface area contributed by atoms with Gasteiger partial charge in [0, 0.05) is 43.7 Å². The van der Waals surface area contributed by atoms with E-state index in [1.54, 1.807) is 0 Å². The fourth-order valence-electron chi connectivity index (χ4n) is 4.15. The van der Waals surface area contributed by atoms with Gasteiger partial charge in [0.2, 0.25) is 5.92 Å². The summed E-state index contributed by atoms with van der Waals surface area (Å²) in [5.41, 5.74) is -1.27. The van der Waals surface area contributed by atoms with Crippen molar-refractivity contribution >= 4 is 0 Å². The molecule has 0 aromatic carbocycles. The molecule has 0 N–H and O–H groups in total. The molecule has 0 amide bonds. The van der Waals surface area contributed by atoms with Crippen LogP contribution < -0.4 is 0 Å². The Kier molecular flexibility index (Phi) is 7.13. The number of rotatable bonds is 4. The second kappa shape index (κ2) is 7.90. The van der Waals surface area contributed by atoms with Crippen molar-refractivity contribution in [1.29, 1.82) is 0 Å². The van der Waals surface area contributed by atoms with E-state index in [1.807, 2.05) is 27.7 Å². The molecule has 2 aliphatic carbocycles. The van der Waals surface area contributed by atoms with Gasteiger partial charge in [-0.05, 0) is 25.9 Å². The molecular formula is C18H33F4NO. The number of methoxy groups -OCH3 is 1. The molecule has 3 fully saturated rings. The summed E-state index contributed by atoms with van der Waals surface area (Å²) in [6.07, 6.45) is 0.686. The smallest absolute Gasteiger partial charge is 0.254 e. The Bertz CT molecular complexity index is 384. The van der Waals surface area contributed by atoms with Crippen LogP contribution in [0.5, 0.6) is 0 Å². The summed E-state index contributed by atoms with van der Waals surface area (Å²) in [5, 5.41) is 0. The quantitative estimate of drug-likeness (QED) is 0.641. The van der Waals surface area contributed by atoms with E-state index in [1.165, 1.54) is 7.11 Å². The Morgan fingerprint density at radius 3 is 1.67 bits per heavy atom. The fraction of sp³-hybridized carbons (Fsp3) is 1.00. The minimum atomic E-state index is -2.58. The van der Waals surface area contributed by atoms with Crippen LogP contribution in [0.25, 0.3) is 0 Å². The number of hydrogen-bond acceptors (Lipinski definition) is 2. The largest absolute Gasteiger partial charge is 0.384 e. The Balaban J connectivity index is 0.000000671. The molecule has 1 spiro atoms. The van der Waals surface area contributed by atoms with E-state index < -0.39 is 22.7 Å². The van der Waals surface area contributed by atoms with E-state index in [-0.39, 0.29) is 19.3 Å². The monoisotopic (exact) mass is 355 g/mol. The lowest BCUT2D eigenvalue weighted by Gasteiger charge is -2.50. The Morgan fingerprint density at radius 1 is 0.875 bits per heavy atom. The molecule has 0 bridgehead atoms. The first-order chi connectivity index (χ1) is 11.2. The second-order valence-electron chi connectivity index (χ2n) is 7.08. The number of halogens is 4. The second-order valence-corrected chi connectivity index (χ2v) is 7.08. The highest BCUT2D eigenvalue weighted by atomic mass is 19.3. The lowest BCUT2D eigenvalue weighted by Crippen LogP contribution is -2.55. The minimum absolute atomic E-state index is 0.00905. The van der Waals surface area contributed by atoms with Crippen LogP contribution in [0.4, 0.5) is 17.6 Å². The van der Waals surface area contributed by atoms with Gasteiger partial charge in [0.25, 0.3) is 5.92 Å². The van der Waals surface area contributed by atoms with Gasteiger partial charge < -0.3 is 9.64 Å². The number of alkyl halides is 4. The van der Waals surface area contributed by atoms with E-state index >= 15 is 0 Å². The van der Waals surface area contributed by atoms with Gasteiger partial charge in [-0.2, -0.15) is 0 Å². The van der Waals surface area contributed by atoms with Crippen LogP contribution in [0.2, 0.25) is 0 Å². The highest BCUT2D eigenvalue weighted by Gasteiger charge is 2.70. The Labute approximate surface area is 143 Å². The first-order valence-electron chi connectivity index (χ1n) is 9.19. The average Bonchev–Trinajstić information content (AvgIpc) is 3.04. The molecule has 0 aromatic heterocycles. The maximum absolute atomic E-state index is 13.3. The summed E-state index contributed by atoms with van der Waals surface area (Å²) in [6, 6.07) is 0. The predicted octanol–water partition coefficient (Wildman–Crippen LogP) is 5.22. The third-order valence-corrected chi connectivity index (χ3v) is 5.30. The molecule has 0 atom stereocenters. The molecule has 2 saturated carbocycles. The summed E-state index contributed by atoms with van der Waals surface area (Å²) >= 11 is 0. The molecule has 144 valence electrons. The van der Waals surface area contributed by atoms with Crippen molar-refractivity contribution in [3.63, 3.8) is 0 Å². The molecule has 0 radical (unpaired) electrons. The zero-order chi connectivity index (χ0) is 18.6. The van der Waals surface area contributed by atoms with E-state index in [0.717, 1.165) is 0 Å². The van der Waals surface area contributed by atoms with Crippen LogP contribution in [0, 0.1) is 10.8 Å². The van der Waals surface area contributed by atoms with Gasteiger partial charge in [-0.15, -0.1) is 0 Å². The van der Waals surface area contributed by atoms with Gasteiger partial charge in [-0.3, -0.25) is 0 Å². The number of ether oxygens (including phenoxy) is 1. The van der Waals surface area contributed by atoms with Gasteiger partial charge >= 0.3 is 0 Å². The first-order valence-corrected chi connectivity index (χ1v) is 9.19. The molecule has 1 heterocycles. The van der Waals surface area contributed by atoms with Crippen LogP contribution in [-0.4, -0.2) is 50.1 Å².